The Balaban J connectivity index is 1.04. The number of hydrogen-bond acceptors (Lipinski definition) is 13. The molecule has 3 N–H and O–H groups in total. The first kappa shape index (κ1) is 37.1. The summed E-state index contributed by atoms with van der Waals surface area (Å²) in [5, 5.41) is 18.8. The molecule has 280 valence electrons. The zero-order valence-electron chi connectivity index (χ0n) is 29.3. The number of likely N-dealkylation sites (tertiary alicyclic amines) is 1. The molecule has 16 heteroatoms. The number of rotatable bonds is 15. The maximum absolute atomic E-state index is 14.3. The van der Waals surface area contributed by atoms with E-state index in [0.717, 1.165) is 53.4 Å². The van der Waals surface area contributed by atoms with Gasteiger partial charge in [0.05, 0.1) is 51.9 Å². The third kappa shape index (κ3) is 8.93. The number of amides is 1. The molecular weight excluding hydrogens is 725 g/mol. The van der Waals surface area contributed by atoms with E-state index in [4.69, 9.17) is 19.2 Å². The van der Waals surface area contributed by atoms with Crippen LogP contribution >= 0.6 is 22.7 Å². The lowest BCUT2D eigenvalue weighted by molar-refractivity contribution is -0.0907. The van der Waals surface area contributed by atoms with E-state index in [1.807, 2.05) is 55.9 Å². The van der Waals surface area contributed by atoms with E-state index in [2.05, 4.69) is 20.5 Å². The van der Waals surface area contributed by atoms with Gasteiger partial charge in [0.2, 0.25) is 10.0 Å². The standard InChI is InChI=1S/C36H46N6O7S3/c1-23(2)17-42(20-31(43)30(14-24-6-4-3-5-7-24)40-36(44)49-32-21-48-34-28(32)11-13-47-34)52(45,46)27-8-9-29-33(15-27)51-35(39-29)38-25-10-12-41(18-25)19-26-16-37-22-50-26/h3-9,15-16,22-23,25,28,30-32,34,43H,10-14,17-21H2,1-2H3,(H,38,39)(H,40,44)/t25-,28-,30-,31+,32-,34+/m0/s1. The summed E-state index contributed by atoms with van der Waals surface area (Å²) >= 11 is 3.09. The topological polar surface area (TPSA) is 155 Å². The first-order chi connectivity index (χ1) is 25.1. The molecule has 0 saturated carbocycles. The van der Waals surface area contributed by atoms with Crippen LogP contribution in [0.4, 0.5) is 9.93 Å². The monoisotopic (exact) mass is 770 g/mol. The summed E-state index contributed by atoms with van der Waals surface area (Å²) in [5.41, 5.74) is 3.45. The highest BCUT2D eigenvalue weighted by molar-refractivity contribution is 7.89. The van der Waals surface area contributed by atoms with Crippen molar-refractivity contribution in [3.63, 3.8) is 0 Å². The van der Waals surface area contributed by atoms with Crippen LogP contribution in [0.15, 0.2) is 65.1 Å². The third-order valence-electron chi connectivity index (χ3n) is 9.73. The second kappa shape index (κ2) is 16.4. The van der Waals surface area contributed by atoms with E-state index in [1.54, 1.807) is 29.5 Å². The van der Waals surface area contributed by atoms with Gasteiger partial charge in [-0.3, -0.25) is 9.88 Å². The second-order valence-corrected chi connectivity index (χ2v) is 18.1. The van der Waals surface area contributed by atoms with Crippen LogP contribution in [-0.4, -0.2) is 109 Å². The molecule has 0 unspecified atom stereocenters. The van der Waals surface area contributed by atoms with E-state index in [9.17, 15) is 18.3 Å². The smallest absolute Gasteiger partial charge is 0.407 e. The van der Waals surface area contributed by atoms with Crippen molar-refractivity contribution in [1.82, 2.24) is 24.5 Å². The Hall–Kier alpha value is -3.22. The minimum atomic E-state index is -4.04. The van der Waals surface area contributed by atoms with Gasteiger partial charge in [-0.1, -0.05) is 55.5 Å². The molecule has 6 atom stereocenters. The van der Waals surface area contributed by atoms with Gasteiger partial charge in [-0.25, -0.2) is 18.2 Å². The van der Waals surface area contributed by atoms with Crippen LogP contribution in [0, 0.1) is 11.8 Å². The molecule has 0 radical (unpaired) electrons. The molecular formula is C36H46N6O7S3. The largest absolute Gasteiger partial charge is 0.443 e. The van der Waals surface area contributed by atoms with Crippen LogP contribution in [-0.2, 0) is 37.2 Å². The molecule has 0 bridgehead atoms. The number of carbonyl (C=O) groups is 1. The van der Waals surface area contributed by atoms with Gasteiger partial charge < -0.3 is 30.0 Å². The van der Waals surface area contributed by atoms with Crippen LogP contribution in [0.25, 0.3) is 10.2 Å². The van der Waals surface area contributed by atoms with Crippen molar-refractivity contribution in [2.75, 3.05) is 44.7 Å². The number of fused-ring (bicyclic) bond motifs is 2. The number of carbonyl (C=O) groups excluding carboxylic acids is 1. The summed E-state index contributed by atoms with van der Waals surface area (Å²) in [7, 11) is -4.04. The number of aliphatic hydroxyl groups excluding tert-OH is 1. The van der Waals surface area contributed by atoms with Gasteiger partial charge in [0.15, 0.2) is 11.4 Å². The summed E-state index contributed by atoms with van der Waals surface area (Å²) in [4.78, 5) is 25.9. The van der Waals surface area contributed by atoms with E-state index in [-0.39, 0.29) is 55.2 Å². The van der Waals surface area contributed by atoms with Gasteiger partial charge in [-0.15, -0.1) is 11.3 Å². The van der Waals surface area contributed by atoms with Gasteiger partial charge in [0, 0.05) is 49.8 Å². The summed E-state index contributed by atoms with van der Waals surface area (Å²) in [6, 6.07) is 13.9. The normalized spacial score (nSPS) is 23.3. The van der Waals surface area contributed by atoms with E-state index in [0.29, 0.717) is 6.61 Å². The number of anilines is 1. The van der Waals surface area contributed by atoms with Crippen LogP contribution < -0.4 is 10.6 Å². The Labute approximate surface area is 312 Å². The Morgan fingerprint density at radius 2 is 2.00 bits per heavy atom. The number of nitrogens with one attached hydrogen (secondary N) is 2. The van der Waals surface area contributed by atoms with Gasteiger partial charge in [0.1, 0.15) is 6.10 Å². The Kier molecular flexibility index (Phi) is 11.7. The Morgan fingerprint density at radius 1 is 1.15 bits per heavy atom. The third-order valence-corrected chi connectivity index (χ3v) is 13.3. The van der Waals surface area contributed by atoms with Gasteiger partial charge in [-0.2, -0.15) is 4.31 Å². The molecule has 0 spiro atoms. The molecule has 1 amide bonds. The second-order valence-electron chi connectivity index (χ2n) is 14.2. The van der Waals surface area contributed by atoms with Gasteiger partial charge in [0.25, 0.3) is 0 Å². The zero-order valence-corrected chi connectivity index (χ0v) is 31.7. The number of alkyl carbamates (subject to hydrolysis) is 1. The van der Waals surface area contributed by atoms with Crippen LogP contribution in [0.2, 0.25) is 0 Å². The Morgan fingerprint density at radius 3 is 2.79 bits per heavy atom. The first-order valence-corrected chi connectivity index (χ1v) is 20.9. The van der Waals surface area contributed by atoms with Gasteiger partial charge >= 0.3 is 6.09 Å². The van der Waals surface area contributed by atoms with Crippen LogP contribution in [0.5, 0.6) is 0 Å². The molecule has 52 heavy (non-hydrogen) atoms. The number of benzene rings is 2. The molecule has 2 aromatic carbocycles. The average molecular weight is 771 g/mol. The average Bonchev–Trinajstić information content (AvgIpc) is 3.96. The van der Waals surface area contributed by atoms with Crippen LogP contribution in [0.3, 0.4) is 0 Å². The van der Waals surface area contributed by atoms with Crippen LogP contribution in [0.1, 0.15) is 37.1 Å². The number of ether oxygens (including phenoxy) is 3. The summed E-state index contributed by atoms with van der Waals surface area (Å²) in [5.74, 6) is -0.0633. The molecule has 5 heterocycles. The maximum atomic E-state index is 14.3. The molecule has 3 saturated heterocycles. The molecule has 3 fully saturated rings. The molecule has 0 aliphatic carbocycles. The predicted molar refractivity (Wildman–Crippen MR) is 200 cm³/mol. The zero-order chi connectivity index (χ0) is 36.2. The van der Waals surface area contributed by atoms with E-state index < -0.39 is 34.4 Å². The summed E-state index contributed by atoms with van der Waals surface area (Å²) in [6.07, 6.45) is 1.15. The predicted octanol–water partition coefficient (Wildman–Crippen LogP) is 4.55. The van der Waals surface area contributed by atoms with Crippen molar-refractivity contribution in [2.24, 2.45) is 11.8 Å². The number of aromatic nitrogens is 2. The number of sulfonamides is 1. The minimum Gasteiger partial charge on any atom is -0.443 e. The number of aliphatic hydroxyl groups is 1. The minimum absolute atomic E-state index is 0.0265. The fourth-order valence-corrected chi connectivity index (χ4v) is 10.5. The number of hydrogen-bond donors (Lipinski definition) is 3. The fraction of sp³-hybridized carbons (Fsp3) is 0.528. The molecule has 13 nitrogen and oxygen atoms in total. The maximum Gasteiger partial charge on any atom is 0.407 e. The summed E-state index contributed by atoms with van der Waals surface area (Å²) < 4.78 is 47.5. The summed E-state index contributed by atoms with van der Waals surface area (Å²) in [6.45, 7) is 7.36. The quantitative estimate of drug-likeness (QED) is 0.156. The molecule has 4 aromatic rings. The van der Waals surface area contributed by atoms with Crippen molar-refractivity contribution in [1.29, 1.82) is 0 Å². The van der Waals surface area contributed by atoms with Crippen molar-refractivity contribution in [2.45, 2.75) is 75.1 Å². The van der Waals surface area contributed by atoms with E-state index in [1.165, 1.54) is 20.5 Å². The van der Waals surface area contributed by atoms with E-state index >= 15 is 0 Å². The number of nitrogens with zero attached hydrogens (tertiary/aromatic N) is 4. The lowest BCUT2D eigenvalue weighted by Gasteiger charge is -2.31. The SMILES string of the molecule is CC(C)CN(C[C@@H](O)[C@H](Cc1ccccc1)NC(=O)O[C@H]1CO[C@H]2OCC[C@H]21)S(=O)(=O)c1ccc2nc(N[C@H]3CCN(Cc4cncs4)C3)sc2c1. The van der Waals surface area contributed by atoms with Gasteiger partial charge in [-0.05, 0) is 48.9 Å². The van der Waals surface area contributed by atoms with Crippen molar-refractivity contribution < 1.29 is 32.5 Å². The molecule has 7 rings (SSSR count). The first-order valence-electron chi connectivity index (χ1n) is 17.8. The van der Waals surface area contributed by atoms with Crippen molar-refractivity contribution >= 4 is 54.1 Å². The number of thiazole rings is 2. The van der Waals surface area contributed by atoms with Crippen molar-refractivity contribution in [3.8, 4) is 0 Å². The van der Waals surface area contributed by atoms with Crippen molar-refractivity contribution in [3.05, 3.63) is 70.7 Å². The highest BCUT2D eigenvalue weighted by Gasteiger charge is 2.44. The lowest BCUT2D eigenvalue weighted by atomic mass is 10.0. The molecule has 3 aliphatic heterocycles. The molecule has 3 aliphatic rings. The highest BCUT2D eigenvalue weighted by Crippen LogP contribution is 2.34. The highest BCUT2D eigenvalue weighted by atomic mass is 32.2. The molecule has 2 aromatic heterocycles. The fourth-order valence-electron chi connectivity index (χ4n) is 7.12. The lowest BCUT2D eigenvalue weighted by Crippen LogP contribution is -2.51. The Bertz CT molecular complexity index is 1890.